The highest BCUT2D eigenvalue weighted by atomic mass is 32.1. The summed E-state index contributed by atoms with van der Waals surface area (Å²) in [6, 6.07) is 7.16. The normalized spacial score (nSPS) is 14.5. The van der Waals surface area contributed by atoms with Gasteiger partial charge in [0.05, 0.1) is 18.7 Å². The quantitative estimate of drug-likeness (QED) is 0.778. The van der Waals surface area contributed by atoms with Gasteiger partial charge in [0.1, 0.15) is 5.75 Å². The summed E-state index contributed by atoms with van der Waals surface area (Å²) < 4.78 is 0. The third-order valence-corrected chi connectivity index (χ3v) is 4.02. The molecule has 0 atom stereocenters. The number of phenols is 1. The number of hydrogen-bond donors (Lipinski definition) is 3. The van der Waals surface area contributed by atoms with Gasteiger partial charge in [-0.25, -0.2) is 5.32 Å². The summed E-state index contributed by atoms with van der Waals surface area (Å²) in [7, 11) is 0. The molecule has 2 aromatic rings. The molecule has 0 saturated carbocycles. The summed E-state index contributed by atoms with van der Waals surface area (Å²) in [4.78, 5) is 9.13. The van der Waals surface area contributed by atoms with E-state index >= 15 is 0 Å². The lowest BCUT2D eigenvalue weighted by molar-refractivity contribution is -0.447. The molecule has 0 bridgehead atoms. The number of amidine groups is 1. The zero-order valence-electron chi connectivity index (χ0n) is 10.7. The van der Waals surface area contributed by atoms with Crippen molar-refractivity contribution in [1.82, 2.24) is 4.98 Å². The number of benzene rings is 1. The standard InChI is InChI=1S/C14H15N3OS/c1-9-13(10-4-6-11(18)7-5-10)17-14(19-9)16-12-3-2-8-15-12/h4-7,18H,2-3,8H2,1H3,(H,15,16,17)/p+1. The predicted molar refractivity (Wildman–Crippen MR) is 77.6 cm³/mol. The molecule has 2 heterocycles. The SMILES string of the molecule is Cc1sc(NC2=[NH+]CCC2)nc1-c1ccc(O)cc1. The second-order valence-electron chi connectivity index (χ2n) is 4.60. The number of aromatic hydroxyl groups is 1. The molecule has 98 valence electrons. The summed E-state index contributed by atoms with van der Waals surface area (Å²) in [6.45, 7) is 3.11. The van der Waals surface area contributed by atoms with Crippen LogP contribution in [0.3, 0.4) is 0 Å². The van der Waals surface area contributed by atoms with E-state index in [-0.39, 0.29) is 5.75 Å². The minimum Gasteiger partial charge on any atom is -0.508 e. The molecule has 1 aliphatic rings. The Labute approximate surface area is 115 Å². The minimum absolute atomic E-state index is 0.278. The monoisotopic (exact) mass is 274 g/mol. The summed E-state index contributed by atoms with van der Waals surface area (Å²) in [5, 5.41) is 13.6. The van der Waals surface area contributed by atoms with Crippen molar-refractivity contribution in [3.8, 4) is 17.0 Å². The number of hydrogen-bond acceptors (Lipinski definition) is 4. The van der Waals surface area contributed by atoms with Crippen LogP contribution in [0.25, 0.3) is 11.3 Å². The number of nitrogens with zero attached hydrogens (tertiary/aromatic N) is 1. The van der Waals surface area contributed by atoms with Crippen LogP contribution in [-0.2, 0) is 0 Å². The zero-order chi connectivity index (χ0) is 13.2. The van der Waals surface area contributed by atoms with Gasteiger partial charge in [0, 0.05) is 10.4 Å². The Bertz CT molecular complexity index is 616. The van der Waals surface area contributed by atoms with E-state index in [4.69, 9.17) is 0 Å². The Morgan fingerprint density at radius 2 is 2.11 bits per heavy atom. The van der Waals surface area contributed by atoms with Crippen molar-refractivity contribution in [3.05, 3.63) is 29.1 Å². The molecule has 0 aliphatic carbocycles. The molecule has 0 unspecified atom stereocenters. The molecule has 3 rings (SSSR count). The highest BCUT2D eigenvalue weighted by Crippen LogP contribution is 2.31. The Morgan fingerprint density at radius 3 is 2.79 bits per heavy atom. The van der Waals surface area contributed by atoms with Crippen LogP contribution in [0.15, 0.2) is 24.3 Å². The first-order chi connectivity index (χ1) is 9.22. The van der Waals surface area contributed by atoms with Crippen LogP contribution in [0.5, 0.6) is 5.75 Å². The summed E-state index contributed by atoms with van der Waals surface area (Å²) in [5.74, 6) is 1.44. The Morgan fingerprint density at radius 1 is 1.32 bits per heavy atom. The van der Waals surface area contributed by atoms with Gasteiger partial charge in [-0.2, -0.15) is 4.98 Å². The van der Waals surface area contributed by atoms with Gasteiger partial charge >= 0.3 is 0 Å². The number of anilines is 1. The van der Waals surface area contributed by atoms with Gasteiger partial charge < -0.3 is 5.11 Å². The lowest BCUT2D eigenvalue weighted by Gasteiger charge is -1.98. The maximum absolute atomic E-state index is 9.33. The lowest BCUT2D eigenvalue weighted by atomic mass is 10.1. The van der Waals surface area contributed by atoms with Gasteiger partial charge in [-0.15, -0.1) is 0 Å². The molecule has 1 aromatic heterocycles. The molecule has 0 spiro atoms. The van der Waals surface area contributed by atoms with Crippen LogP contribution in [0.1, 0.15) is 17.7 Å². The Balaban J connectivity index is 1.86. The Hall–Kier alpha value is -1.88. The fourth-order valence-corrected chi connectivity index (χ4v) is 3.03. The lowest BCUT2D eigenvalue weighted by Crippen LogP contribution is -2.70. The Kier molecular flexibility index (Phi) is 3.21. The molecule has 5 heteroatoms. The molecule has 1 aromatic carbocycles. The highest BCUT2D eigenvalue weighted by molar-refractivity contribution is 7.16. The van der Waals surface area contributed by atoms with Crippen LogP contribution in [0.2, 0.25) is 0 Å². The van der Waals surface area contributed by atoms with E-state index in [9.17, 15) is 5.11 Å². The second kappa shape index (κ2) is 5.01. The minimum atomic E-state index is 0.278. The molecule has 19 heavy (non-hydrogen) atoms. The van der Waals surface area contributed by atoms with Crippen LogP contribution in [0.4, 0.5) is 5.13 Å². The van der Waals surface area contributed by atoms with Crippen LogP contribution >= 0.6 is 11.3 Å². The molecule has 0 radical (unpaired) electrons. The third-order valence-electron chi connectivity index (χ3n) is 3.14. The van der Waals surface area contributed by atoms with Crippen molar-refractivity contribution < 1.29 is 10.1 Å². The van der Waals surface area contributed by atoms with Crippen molar-refractivity contribution in [3.63, 3.8) is 0 Å². The smallest absolute Gasteiger partial charge is 0.277 e. The first kappa shape index (κ1) is 12.2. The van der Waals surface area contributed by atoms with E-state index < -0.39 is 0 Å². The van der Waals surface area contributed by atoms with Gasteiger partial charge in [0.2, 0.25) is 5.84 Å². The van der Waals surface area contributed by atoms with Crippen LogP contribution in [0, 0.1) is 6.92 Å². The molecule has 1 aliphatic heterocycles. The second-order valence-corrected chi connectivity index (χ2v) is 5.81. The molecule has 0 amide bonds. The fraction of sp³-hybridized carbons (Fsp3) is 0.286. The first-order valence-corrected chi connectivity index (χ1v) is 7.17. The summed E-state index contributed by atoms with van der Waals surface area (Å²) in [5.41, 5.74) is 2.01. The molecule has 0 fully saturated rings. The maximum atomic E-state index is 9.33. The maximum Gasteiger partial charge on any atom is 0.277 e. The molecule has 4 nitrogen and oxygen atoms in total. The van der Waals surface area contributed by atoms with Gasteiger partial charge in [-0.1, -0.05) is 11.3 Å². The number of aryl methyl sites for hydroxylation is 1. The van der Waals surface area contributed by atoms with E-state index in [1.54, 1.807) is 23.5 Å². The number of rotatable bonds is 2. The van der Waals surface area contributed by atoms with Crippen molar-refractivity contribution in [1.29, 1.82) is 0 Å². The fourth-order valence-electron chi connectivity index (χ4n) is 2.17. The average molecular weight is 274 g/mol. The number of phenolic OH excluding ortho intramolecular Hbond substituents is 1. The van der Waals surface area contributed by atoms with Gasteiger partial charge in [-0.05, 0) is 37.6 Å². The number of nitrogens with one attached hydrogen (secondary N) is 2. The third kappa shape index (κ3) is 2.61. The van der Waals surface area contributed by atoms with Gasteiger partial charge in [0.15, 0.2) is 0 Å². The van der Waals surface area contributed by atoms with Crippen LogP contribution in [-0.4, -0.2) is 22.5 Å². The zero-order valence-corrected chi connectivity index (χ0v) is 11.5. The topological polar surface area (TPSA) is 59.1 Å². The van der Waals surface area contributed by atoms with Crippen molar-refractivity contribution in [2.24, 2.45) is 0 Å². The van der Waals surface area contributed by atoms with E-state index in [1.165, 1.54) is 11.3 Å². The number of aromatic nitrogens is 1. The molecular formula is C14H16N3OS+. The highest BCUT2D eigenvalue weighted by Gasteiger charge is 2.17. The largest absolute Gasteiger partial charge is 0.508 e. The van der Waals surface area contributed by atoms with Crippen molar-refractivity contribution >= 4 is 22.3 Å². The first-order valence-electron chi connectivity index (χ1n) is 6.36. The van der Waals surface area contributed by atoms with E-state index in [0.717, 1.165) is 35.2 Å². The summed E-state index contributed by atoms with van der Waals surface area (Å²) >= 11 is 1.65. The number of thiazole rings is 1. The van der Waals surface area contributed by atoms with E-state index in [1.807, 2.05) is 12.1 Å². The predicted octanol–water partition coefficient (Wildman–Crippen LogP) is 1.51. The molecule has 3 N–H and O–H groups in total. The summed E-state index contributed by atoms with van der Waals surface area (Å²) in [6.07, 6.45) is 2.24. The average Bonchev–Trinajstić information content (AvgIpc) is 3.01. The van der Waals surface area contributed by atoms with Crippen molar-refractivity contribution in [2.75, 3.05) is 11.9 Å². The van der Waals surface area contributed by atoms with Gasteiger partial charge in [0.25, 0.3) is 5.13 Å². The molecular weight excluding hydrogens is 258 g/mol. The van der Waals surface area contributed by atoms with Gasteiger partial charge in [-0.3, -0.25) is 4.99 Å². The van der Waals surface area contributed by atoms with E-state index in [0.29, 0.717) is 0 Å². The van der Waals surface area contributed by atoms with Crippen molar-refractivity contribution in [2.45, 2.75) is 19.8 Å². The molecule has 0 saturated heterocycles. The van der Waals surface area contributed by atoms with E-state index in [2.05, 4.69) is 22.2 Å². The van der Waals surface area contributed by atoms with Crippen LogP contribution < -0.4 is 10.3 Å².